The predicted octanol–water partition coefficient (Wildman–Crippen LogP) is 2.88. The number of hydrogen-bond donors (Lipinski definition) is 1. The molecule has 0 saturated carbocycles. The highest BCUT2D eigenvalue weighted by Crippen LogP contribution is 2.31. The first-order valence-corrected chi connectivity index (χ1v) is 9.53. The summed E-state index contributed by atoms with van der Waals surface area (Å²) in [7, 11) is 0. The summed E-state index contributed by atoms with van der Waals surface area (Å²) in [5.74, 6) is -0.282. The molecular weight excluding hydrogens is 363 g/mol. The van der Waals surface area contributed by atoms with Crippen LogP contribution >= 0.6 is 23.2 Å². The Labute approximate surface area is 158 Å². The number of rotatable bonds is 6. The number of ether oxygens (including phenoxy) is 2. The molecule has 1 spiro atoms. The van der Waals surface area contributed by atoms with Crippen LogP contribution in [0, 0.1) is 0 Å². The molecule has 1 amide bonds. The summed E-state index contributed by atoms with van der Waals surface area (Å²) in [4.78, 5) is 14.3. The third-order valence-electron chi connectivity index (χ3n) is 4.82. The number of nitrogens with zero attached hydrogens (tertiary/aromatic N) is 1. The van der Waals surface area contributed by atoms with Gasteiger partial charge in [0, 0.05) is 55.5 Å². The van der Waals surface area contributed by atoms with E-state index in [2.05, 4.69) is 10.2 Å². The Balaban J connectivity index is 1.32. The van der Waals surface area contributed by atoms with Crippen LogP contribution in [-0.2, 0) is 20.7 Å². The number of halogens is 2. The summed E-state index contributed by atoms with van der Waals surface area (Å²) in [5, 5.41) is 4.21. The maximum atomic E-state index is 12.0. The fourth-order valence-electron chi connectivity index (χ4n) is 3.31. The third-order valence-corrected chi connectivity index (χ3v) is 5.41. The van der Waals surface area contributed by atoms with Crippen molar-refractivity contribution >= 4 is 29.1 Å². The molecule has 2 aliphatic rings. The number of piperidine rings is 1. The molecule has 1 aromatic carbocycles. The Kier molecular flexibility index (Phi) is 6.58. The van der Waals surface area contributed by atoms with Gasteiger partial charge in [-0.15, -0.1) is 0 Å². The SMILES string of the molecule is O=C(CCN1CCC2(CC1)OCCO2)NCCc1ccc(Cl)cc1Cl. The van der Waals surface area contributed by atoms with Crippen LogP contribution in [0.2, 0.25) is 10.0 Å². The minimum Gasteiger partial charge on any atom is -0.356 e. The molecule has 0 unspecified atom stereocenters. The van der Waals surface area contributed by atoms with Crippen LogP contribution in [0.4, 0.5) is 0 Å². The Bertz CT molecular complexity index is 596. The van der Waals surface area contributed by atoms with E-state index in [9.17, 15) is 4.79 Å². The maximum Gasteiger partial charge on any atom is 0.221 e. The van der Waals surface area contributed by atoms with Crippen LogP contribution in [-0.4, -0.2) is 56.0 Å². The van der Waals surface area contributed by atoms with Gasteiger partial charge < -0.3 is 19.7 Å². The maximum absolute atomic E-state index is 12.0. The quantitative estimate of drug-likeness (QED) is 0.816. The Morgan fingerprint density at radius 1 is 1.20 bits per heavy atom. The van der Waals surface area contributed by atoms with E-state index in [1.165, 1.54) is 0 Å². The van der Waals surface area contributed by atoms with Gasteiger partial charge in [0.25, 0.3) is 0 Å². The summed E-state index contributed by atoms with van der Waals surface area (Å²) in [6.45, 7) is 4.55. The smallest absolute Gasteiger partial charge is 0.221 e. The number of benzene rings is 1. The lowest BCUT2D eigenvalue weighted by atomic mass is 10.0. The van der Waals surface area contributed by atoms with E-state index in [0.29, 0.717) is 42.6 Å². The molecule has 0 radical (unpaired) electrons. The molecule has 2 heterocycles. The van der Waals surface area contributed by atoms with Gasteiger partial charge in [-0.05, 0) is 24.1 Å². The number of nitrogens with one attached hydrogen (secondary N) is 1. The summed E-state index contributed by atoms with van der Waals surface area (Å²) in [5.41, 5.74) is 0.990. The van der Waals surface area contributed by atoms with E-state index < -0.39 is 0 Å². The van der Waals surface area contributed by atoms with Crippen LogP contribution in [0.15, 0.2) is 18.2 Å². The molecule has 7 heteroatoms. The third kappa shape index (κ3) is 5.31. The number of carbonyl (C=O) groups is 1. The fourth-order valence-corrected chi connectivity index (χ4v) is 3.82. The zero-order chi connectivity index (χ0) is 17.7. The van der Waals surface area contributed by atoms with Gasteiger partial charge in [0.05, 0.1) is 13.2 Å². The van der Waals surface area contributed by atoms with Crippen molar-refractivity contribution < 1.29 is 14.3 Å². The van der Waals surface area contributed by atoms with Crippen molar-refractivity contribution in [3.8, 4) is 0 Å². The Morgan fingerprint density at radius 3 is 2.60 bits per heavy atom. The van der Waals surface area contributed by atoms with E-state index in [0.717, 1.165) is 38.0 Å². The number of hydrogen-bond acceptors (Lipinski definition) is 4. The Hall–Kier alpha value is -0.850. The second kappa shape index (κ2) is 8.69. The molecule has 0 bridgehead atoms. The normalized spacial score (nSPS) is 20.1. The van der Waals surface area contributed by atoms with Gasteiger partial charge >= 0.3 is 0 Å². The topological polar surface area (TPSA) is 50.8 Å². The number of carbonyl (C=O) groups excluding carboxylic acids is 1. The van der Waals surface area contributed by atoms with Crippen molar-refractivity contribution in [3.63, 3.8) is 0 Å². The summed E-state index contributed by atoms with van der Waals surface area (Å²) in [6, 6.07) is 5.43. The molecule has 2 aliphatic heterocycles. The molecule has 1 N–H and O–H groups in total. The van der Waals surface area contributed by atoms with Crippen molar-refractivity contribution in [1.82, 2.24) is 10.2 Å². The summed E-state index contributed by atoms with van der Waals surface area (Å²) >= 11 is 12.0. The van der Waals surface area contributed by atoms with Crippen molar-refractivity contribution in [2.75, 3.05) is 39.4 Å². The average molecular weight is 387 g/mol. The first kappa shape index (κ1) is 18.9. The van der Waals surface area contributed by atoms with E-state index >= 15 is 0 Å². The molecule has 25 heavy (non-hydrogen) atoms. The lowest BCUT2D eigenvalue weighted by molar-refractivity contribution is -0.185. The highest BCUT2D eigenvalue weighted by Gasteiger charge is 2.39. The zero-order valence-corrected chi connectivity index (χ0v) is 15.7. The highest BCUT2D eigenvalue weighted by atomic mass is 35.5. The fraction of sp³-hybridized carbons (Fsp3) is 0.611. The zero-order valence-electron chi connectivity index (χ0n) is 14.2. The van der Waals surface area contributed by atoms with E-state index in [1.54, 1.807) is 6.07 Å². The van der Waals surface area contributed by atoms with Crippen molar-refractivity contribution in [2.24, 2.45) is 0 Å². The first-order chi connectivity index (χ1) is 12.1. The molecule has 1 aromatic rings. The lowest BCUT2D eigenvalue weighted by Crippen LogP contribution is -2.46. The van der Waals surface area contributed by atoms with Crippen LogP contribution in [0.5, 0.6) is 0 Å². The number of amides is 1. The molecule has 2 fully saturated rings. The Morgan fingerprint density at radius 2 is 1.92 bits per heavy atom. The predicted molar refractivity (Wildman–Crippen MR) is 98.1 cm³/mol. The summed E-state index contributed by atoms with van der Waals surface area (Å²) in [6.07, 6.45) is 2.96. The van der Waals surface area contributed by atoms with Crippen molar-refractivity contribution in [1.29, 1.82) is 0 Å². The van der Waals surface area contributed by atoms with Gasteiger partial charge in [-0.1, -0.05) is 29.3 Å². The monoisotopic (exact) mass is 386 g/mol. The average Bonchev–Trinajstić information content (AvgIpc) is 3.05. The molecule has 0 aromatic heterocycles. The van der Waals surface area contributed by atoms with Crippen LogP contribution in [0.1, 0.15) is 24.8 Å². The molecule has 5 nitrogen and oxygen atoms in total. The van der Waals surface area contributed by atoms with Gasteiger partial charge in [-0.3, -0.25) is 4.79 Å². The van der Waals surface area contributed by atoms with E-state index in [-0.39, 0.29) is 11.7 Å². The van der Waals surface area contributed by atoms with Crippen LogP contribution < -0.4 is 5.32 Å². The second-order valence-corrected chi connectivity index (χ2v) is 7.38. The molecule has 3 rings (SSSR count). The van der Waals surface area contributed by atoms with Crippen LogP contribution in [0.3, 0.4) is 0 Å². The van der Waals surface area contributed by atoms with E-state index in [4.69, 9.17) is 32.7 Å². The van der Waals surface area contributed by atoms with Gasteiger partial charge in [0.15, 0.2) is 5.79 Å². The van der Waals surface area contributed by atoms with Crippen molar-refractivity contribution in [2.45, 2.75) is 31.5 Å². The van der Waals surface area contributed by atoms with Gasteiger partial charge in [0.1, 0.15) is 0 Å². The molecule has 0 atom stereocenters. The standard InChI is InChI=1S/C18H24Cl2N2O3/c19-15-2-1-14(16(20)13-15)3-7-21-17(23)4-8-22-9-5-18(6-10-22)24-11-12-25-18/h1-2,13H,3-12H2,(H,21,23). The van der Waals surface area contributed by atoms with Gasteiger partial charge in [0.2, 0.25) is 5.91 Å². The van der Waals surface area contributed by atoms with Gasteiger partial charge in [-0.2, -0.15) is 0 Å². The molecular formula is C18H24Cl2N2O3. The van der Waals surface area contributed by atoms with Crippen LogP contribution in [0.25, 0.3) is 0 Å². The molecule has 138 valence electrons. The highest BCUT2D eigenvalue weighted by molar-refractivity contribution is 6.35. The molecule has 0 aliphatic carbocycles. The minimum absolute atomic E-state index is 0.0683. The lowest BCUT2D eigenvalue weighted by Gasteiger charge is -2.37. The first-order valence-electron chi connectivity index (χ1n) is 8.77. The van der Waals surface area contributed by atoms with Crippen molar-refractivity contribution in [3.05, 3.63) is 33.8 Å². The molecule has 2 saturated heterocycles. The number of likely N-dealkylation sites (tertiary alicyclic amines) is 1. The van der Waals surface area contributed by atoms with E-state index in [1.807, 2.05) is 12.1 Å². The van der Waals surface area contributed by atoms with Gasteiger partial charge in [-0.25, -0.2) is 0 Å². The minimum atomic E-state index is -0.351. The largest absolute Gasteiger partial charge is 0.356 e. The summed E-state index contributed by atoms with van der Waals surface area (Å²) < 4.78 is 11.4. The second-order valence-electron chi connectivity index (χ2n) is 6.53.